The zero-order valence-corrected chi connectivity index (χ0v) is 13.1. The number of nitrogens with one attached hydrogen (secondary N) is 1. The number of likely N-dealkylation sites (N-methyl/N-ethyl adjacent to an activating group) is 1. The summed E-state index contributed by atoms with van der Waals surface area (Å²) in [5, 5.41) is 5.63. The lowest BCUT2D eigenvalue weighted by Gasteiger charge is -2.18. The molecule has 0 amide bonds. The lowest BCUT2D eigenvalue weighted by Crippen LogP contribution is -2.36. The van der Waals surface area contributed by atoms with Crippen molar-refractivity contribution in [1.29, 1.82) is 0 Å². The smallest absolute Gasteiger partial charge is 0.0701 e. The monoisotopic (exact) mass is 320 g/mol. The molecule has 1 rings (SSSR count). The maximum Gasteiger partial charge on any atom is 0.0701 e. The maximum atomic E-state index is 5.08. The quantitative estimate of drug-likeness (QED) is 0.796. The Labute approximate surface area is 116 Å². The van der Waals surface area contributed by atoms with E-state index in [0.29, 0.717) is 6.04 Å². The van der Waals surface area contributed by atoms with Crippen LogP contribution in [0.1, 0.15) is 12.5 Å². The van der Waals surface area contributed by atoms with Gasteiger partial charge in [0.25, 0.3) is 0 Å². The van der Waals surface area contributed by atoms with E-state index in [9.17, 15) is 0 Å². The molecule has 1 atom stereocenters. The van der Waals surface area contributed by atoms with Gasteiger partial charge in [-0.25, -0.2) is 0 Å². The molecule has 1 heterocycles. The second-order valence-corrected chi connectivity index (χ2v) is 6.60. The molecular weight excluding hydrogens is 300 g/mol. The third-order valence-electron chi connectivity index (χ3n) is 2.48. The van der Waals surface area contributed by atoms with E-state index in [-0.39, 0.29) is 0 Å². The van der Waals surface area contributed by atoms with Crippen molar-refractivity contribution < 1.29 is 4.74 Å². The number of rotatable bonds is 8. The molecule has 0 aliphatic carbocycles. The predicted octanol–water partition coefficient (Wildman–Crippen LogP) is 2.57. The number of ether oxygens (including phenoxy) is 1. The Morgan fingerprint density at radius 2 is 2.35 bits per heavy atom. The van der Waals surface area contributed by atoms with Crippen LogP contribution in [0.4, 0.5) is 0 Å². The minimum atomic E-state index is 0.420. The van der Waals surface area contributed by atoms with E-state index in [1.54, 1.807) is 18.4 Å². The molecule has 3 nitrogen and oxygen atoms in total. The molecule has 0 radical (unpaired) electrons. The lowest BCUT2D eigenvalue weighted by atomic mass is 10.3. The van der Waals surface area contributed by atoms with Crippen molar-refractivity contribution in [1.82, 2.24) is 10.2 Å². The fraction of sp³-hybridized carbons (Fsp3) is 0.667. The second-order valence-electron chi connectivity index (χ2n) is 4.31. The highest BCUT2D eigenvalue weighted by atomic mass is 79.9. The number of hydrogen-bond donors (Lipinski definition) is 1. The Kier molecular flexibility index (Phi) is 7.30. The van der Waals surface area contributed by atoms with Crippen LogP contribution in [0.25, 0.3) is 0 Å². The van der Waals surface area contributed by atoms with Gasteiger partial charge in [0.1, 0.15) is 0 Å². The van der Waals surface area contributed by atoms with Crippen molar-refractivity contribution in [3.63, 3.8) is 0 Å². The molecule has 0 bridgehead atoms. The van der Waals surface area contributed by atoms with Crippen LogP contribution >= 0.6 is 27.3 Å². The molecular formula is C12H21BrN2OS. The van der Waals surface area contributed by atoms with Gasteiger partial charge in [-0.3, -0.25) is 0 Å². The van der Waals surface area contributed by atoms with E-state index in [0.717, 1.165) is 26.2 Å². The maximum absolute atomic E-state index is 5.08. The topological polar surface area (TPSA) is 24.5 Å². The largest absolute Gasteiger partial charge is 0.383 e. The van der Waals surface area contributed by atoms with Gasteiger partial charge in [0.2, 0.25) is 0 Å². The predicted molar refractivity (Wildman–Crippen MR) is 77.7 cm³/mol. The van der Waals surface area contributed by atoms with E-state index < -0.39 is 0 Å². The summed E-state index contributed by atoms with van der Waals surface area (Å²) in [6, 6.07) is 2.60. The number of thiophene rings is 1. The molecule has 0 spiro atoms. The molecule has 0 aliphatic heterocycles. The molecule has 0 saturated carbocycles. The Bertz CT molecular complexity index is 319. The average molecular weight is 321 g/mol. The van der Waals surface area contributed by atoms with Gasteiger partial charge >= 0.3 is 0 Å². The lowest BCUT2D eigenvalue weighted by molar-refractivity contribution is 0.170. The van der Waals surface area contributed by atoms with Gasteiger partial charge in [0.15, 0.2) is 0 Å². The Balaban J connectivity index is 2.15. The standard InChI is InChI=1S/C12H21BrN2OS/c1-10(8-16-3)14-4-5-15(2)7-11-6-12(13)17-9-11/h6,9-10,14H,4-5,7-8H2,1-3H3. The van der Waals surface area contributed by atoms with E-state index >= 15 is 0 Å². The minimum absolute atomic E-state index is 0.420. The first-order valence-electron chi connectivity index (χ1n) is 5.75. The second kappa shape index (κ2) is 8.21. The third kappa shape index (κ3) is 6.52. The van der Waals surface area contributed by atoms with Crippen LogP contribution in [-0.2, 0) is 11.3 Å². The van der Waals surface area contributed by atoms with Gasteiger partial charge < -0.3 is 15.0 Å². The van der Waals surface area contributed by atoms with Crippen LogP contribution in [0.15, 0.2) is 15.2 Å². The zero-order valence-electron chi connectivity index (χ0n) is 10.7. The van der Waals surface area contributed by atoms with Gasteiger partial charge in [-0.15, -0.1) is 11.3 Å². The van der Waals surface area contributed by atoms with Crippen LogP contribution in [-0.4, -0.2) is 44.8 Å². The molecule has 0 saturated heterocycles. The summed E-state index contributed by atoms with van der Waals surface area (Å²) in [6.45, 7) is 5.94. The Morgan fingerprint density at radius 1 is 1.59 bits per heavy atom. The molecule has 17 heavy (non-hydrogen) atoms. The van der Waals surface area contributed by atoms with E-state index in [1.165, 1.54) is 9.35 Å². The molecule has 0 fully saturated rings. The van der Waals surface area contributed by atoms with Crippen LogP contribution < -0.4 is 5.32 Å². The molecule has 5 heteroatoms. The molecule has 0 aromatic carbocycles. The zero-order chi connectivity index (χ0) is 12.7. The molecule has 1 aromatic heterocycles. The van der Waals surface area contributed by atoms with Crippen molar-refractivity contribution in [2.45, 2.75) is 19.5 Å². The van der Waals surface area contributed by atoms with Gasteiger partial charge in [0.05, 0.1) is 10.4 Å². The van der Waals surface area contributed by atoms with Crippen molar-refractivity contribution in [2.24, 2.45) is 0 Å². The van der Waals surface area contributed by atoms with Crippen molar-refractivity contribution in [2.75, 3.05) is 33.9 Å². The SMILES string of the molecule is COCC(C)NCCN(C)Cc1csc(Br)c1. The van der Waals surface area contributed by atoms with E-state index in [4.69, 9.17) is 4.74 Å². The van der Waals surface area contributed by atoms with Gasteiger partial charge in [-0.05, 0) is 46.9 Å². The molecule has 1 unspecified atom stereocenters. The number of hydrogen-bond acceptors (Lipinski definition) is 4. The molecule has 1 N–H and O–H groups in total. The first-order chi connectivity index (χ1) is 8.11. The number of methoxy groups -OCH3 is 1. The molecule has 0 aliphatic rings. The summed E-state index contributed by atoms with van der Waals surface area (Å²) in [6.07, 6.45) is 0. The summed E-state index contributed by atoms with van der Waals surface area (Å²) in [7, 11) is 3.88. The number of nitrogens with zero attached hydrogens (tertiary/aromatic N) is 1. The summed E-state index contributed by atoms with van der Waals surface area (Å²) >= 11 is 5.22. The van der Waals surface area contributed by atoms with Crippen molar-refractivity contribution >= 4 is 27.3 Å². The normalized spacial score (nSPS) is 13.2. The van der Waals surface area contributed by atoms with Gasteiger partial charge in [0, 0.05) is 32.8 Å². The van der Waals surface area contributed by atoms with E-state index in [1.807, 2.05) is 0 Å². The summed E-state index contributed by atoms with van der Waals surface area (Å²) in [4.78, 5) is 2.32. The first kappa shape index (κ1) is 15.1. The highest BCUT2D eigenvalue weighted by Crippen LogP contribution is 2.21. The van der Waals surface area contributed by atoms with Gasteiger partial charge in [-0.2, -0.15) is 0 Å². The third-order valence-corrected chi connectivity index (χ3v) is 4.03. The summed E-state index contributed by atoms with van der Waals surface area (Å²) in [5.41, 5.74) is 1.37. The van der Waals surface area contributed by atoms with Crippen LogP contribution in [0, 0.1) is 0 Å². The van der Waals surface area contributed by atoms with Gasteiger partial charge in [-0.1, -0.05) is 0 Å². The fourth-order valence-corrected chi connectivity index (χ4v) is 2.83. The van der Waals surface area contributed by atoms with Crippen LogP contribution in [0.3, 0.4) is 0 Å². The molecule has 98 valence electrons. The minimum Gasteiger partial charge on any atom is -0.383 e. The fourth-order valence-electron chi connectivity index (χ4n) is 1.63. The van der Waals surface area contributed by atoms with Crippen molar-refractivity contribution in [3.05, 3.63) is 20.8 Å². The Hall–Kier alpha value is 0.0600. The van der Waals surface area contributed by atoms with E-state index in [2.05, 4.69) is 51.6 Å². The summed E-state index contributed by atoms with van der Waals surface area (Å²) in [5.74, 6) is 0. The van der Waals surface area contributed by atoms with Crippen LogP contribution in [0.5, 0.6) is 0 Å². The van der Waals surface area contributed by atoms with Crippen LogP contribution in [0.2, 0.25) is 0 Å². The average Bonchev–Trinajstić information content (AvgIpc) is 2.64. The first-order valence-corrected chi connectivity index (χ1v) is 7.43. The highest BCUT2D eigenvalue weighted by molar-refractivity contribution is 9.11. The summed E-state index contributed by atoms with van der Waals surface area (Å²) < 4.78 is 6.28. The molecule has 1 aromatic rings. The Morgan fingerprint density at radius 3 is 2.94 bits per heavy atom. The highest BCUT2D eigenvalue weighted by Gasteiger charge is 2.04. The number of halogens is 1. The van der Waals surface area contributed by atoms with Crippen molar-refractivity contribution in [3.8, 4) is 0 Å².